The van der Waals surface area contributed by atoms with E-state index in [9.17, 15) is 9.90 Å². The van der Waals surface area contributed by atoms with Crippen molar-refractivity contribution in [3.8, 4) is 5.75 Å². The molecule has 3 rings (SSSR count). The zero-order valence-corrected chi connectivity index (χ0v) is 11.2. The van der Waals surface area contributed by atoms with Crippen LogP contribution < -0.4 is 0 Å². The Morgan fingerprint density at radius 3 is 2.57 bits per heavy atom. The monoisotopic (exact) mass is 275 g/mol. The van der Waals surface area contributed by atoms with Gasteiger partial charge in [-0.15, -0.1) is 0 Å². The second kappa shape index (κ2) is 5.59. The van der Waals surface area contributed by atoms with Gasteiger partial charge in [0.1, 0.15) is 11.4 Å². The summed E-state index contributed by atoms with van der Waals surface area (Å²) in [6.45, 7) is 0. The quantitative estimate of drug-likeness (QED) is 0.583. The van der Waals surface area contributed by atoms with Gasteiger partial charge in [0.05, 0.1) is 5.52 Å². The van der Waals surface area contributed by atoms with Crippen LogP contribution in [0.15, 0.2) is 66.7 Å². The number of aromatic hydroxyl groups is 1. The van der Waals surface area contributed by atoms with Crippen LogP contribution in [0.5, 0.6) is 5.75 Å². The van der Waals surface area contributed by atoms with Crippen LogP contribution in [-0.4, -0.2) is 15.9 Å². The van der Waals surface area contributed by atoms with Gasteiger partial charge in [0.2, 0.25) is 5.78 Å². The molecule has 0 aliphatic rings. The highest BCUT2D eigenvalue weighted by molar-refractivity contribution is 6.06. The minimum atomic E-state index is -0.191. The van der Waals surface area contributed by atoms with Gasteiger partial charge in [0.15, 0.2) is 0 Å². The second-order valence-corrected chi connectivity index (χ2v) is 4.65. The first-order valence-corrected chi connectivity index (χ1v) is 6.60. The van der Waals surface area contributed by atoms with E-state index in [2.05, 4.69) is 4.98 Å². The van der Waals surface area contributed by atoms with Crippen LogP contribution >= 0.6 is 0 Å². The van der Waals surface area contributed by atoms with E-state index in [0.717, 1.165) is 10.9 Å². The lowest BCUT2D eigenvalue weighted by Gasteiger charge is -2.00. The first-order valence-electron chi connectivity index (χ1n) is 6.60. The number of para-hydroxylation sites is 2. The summed E-state index contributed by atoms with van der Waals surface area (Å²) in [5.74, 6) is -0.0444. The number of phenolic OH excluding ortho intramolecular Hbond substituents is 1. The third-order valence-electron chi connectivity index (χ3n) is 3.20. The van der Waals surface area contributed by atoms with Crippen LogP contribution in [-0.2, 0) is 0 Å². The lowest BCUT2D eigenvalue weighted by atomic mass is 10.1. The molecule has 3 aromatic rings. The summed E-state index contributed by atoms with van der Waals surface area (Å²) in [5, 5.41) is 10.7. The third-order valence-corrected chi connectivity index (χ3v) is 3.20. The van der Waals surface area contributed by atoms with Crippen LogP contribution in [0.25, 0.3) is 17.0 Å². The SMILES string of the molecule is O=C(C=Cc1ccccc1O)c1ccc2ccccc2n1. The Kier molecular flexibility index (Phi) is 3.48. The number of nitrogens with zero attached hydrogens (tertiary/aromatic N) is 1. The standard InChI is InChI=1S/C18H13NO2/c20-17-8-4-2-6-14(17)10-12-18(21)16-11-9-13-5-1-3-7-15(13)19-16/h1-12,20H. The van der Waals surface area contributed by atoms with Gasteiger partial charge in [-0.25, -0.2) is 4.98 Å². The molecule has 0 amide bonds. The number of rotatable bonds is 3. The predicted octanol–water partition coefficient (Wildman–Crippen LogP) is 3.84. The number of benzene rings is 2. The molecular weight excluding hydrogens is 262 g/mol. The number of phenols is 1. The molecule has 1 N–H and O–H groups in total. The molecule has 0 aliphatic carbocycles. The van der Waals surface area contributed by atoms with Gasteiger partial charge >= 0.3 is 0 Å². The van der Waals surface area contributed by atoms with E-state index in [4.69, 9.17) is 0 Å². The van der Waals surface area contributed by atoms with E-state index in [1.807, 2.05) is 30.3 Å². The number of fused-ring (bicyclic) bond motifs is 1. The number of aromatic nitrogens is 1. The predicted molar refractivity (Wildman–Crippen MR) is 83.2 cm³/mol. The summed E-state index contributed by atoms with van der Waals surface area (Å²) in [4.78, 5) is 16.5. The van der Waals surface area contributed by atoms with Gasteiger partial charge in [-0.2, -0.15) is 0 Å². The van der Waals surface area contributed by atoms with E-state index in [1.165, 1.54) is 6.08 Å². The maximum Gasteiger partial charge on any atom is 0.204 e. The second-order valence-electron chi connectivity index (χ2n) is 4.65. The van der Waals surface area contributed by atoms with Gasteiger partial charge in [0, 0.05) is 10.9 Å². The Morgan fingerprint density at radius 1 is 0.952 bits per heavy atom. The van der Waals surface area contributed by atoms with Gasteiger partial charge < -0.3 is 5.11 Å². The van der Waals surface area contributed by atoms with Crippen LogP contribution in [0, 0.1) is 0 Å². The van der Waals surface area contributed by atoms with Gasteiger partial charge in [-0.05, 0) is 30.4 Å². The van der Waals surface area contributed by atoms with Crippen molar-refractivity contribution in [2.75, 3.05) is 0 Å². The van der Waals surface area contributed by atoms with Crippen molar-refractivity contribution in [1.29, 1.82) is 0 Å². The Balaban J connectivity index is 1.89. The Hall–Kier alpha value is -2.94. The van der Waals surface area contributed by atoms with E-state index in [-0.39, 0.29) is 11.5 Å². The van der Waals surface area contributed by atoms with Crippen molar-refractivity contribution in [2.24, 2.45) is 0 Å². The van der Waals surface area contributed by atoms with Gasteiger partial charge in [-0.3, -0.25) is 4.79 Å². The molecular formula is C18H13NO2. The van der Waals surface area contributed by atoms with E-state index in [0.29, 0.717) is 11.3 Å². The third kappa shape index (κ3) is 2.82. The Bertz CT molecular complexity index is 837. The number of ketones is 1. The average molecular weight is 275 g/mol. The molecule has 0 spiro atoms. The zero-order chi connectivity index (χ0) is 14.7. The highest BCUT2D eigenvalue weighted by atomic mass is 16.3. The number of hydrogen-bond donors (Lipinski definition) is 1. The van der Waals surface area contributed by atoms with Crippen molar-refractivity contribution < 1.29 is 9.90 Å². The van der Waals surface area contributed by atoms with Crippen molar-refractivity contribution >= 4 is 22.8 Å². The molecule has 102 valence electrons. The lowest BCUT2D eigenvalue weighted by Crippen LogP contribution is -1.98. The average Bonchev–Trinajstić information content (AvgIpc) is 2.53. The Morgan fingerprint density at radius 2 is 1.71 bits per heavy atom. The summed E-state index contributed by atoms with van der Waals surface area (Å²) in [7, 11) is 0. The molecule has 1 heterocycles. The molecule has 3 nitrogen and oxygen atoms in total. The smallest absolute Gasteiger partial charge is 0.204 e. The molecule has 3 heteroatoms. The van der Waals surface area contributed by atoms with Crippen LogP contribution in [0.4, 0.5) is 0 Å². The highest BCUT2D eigenvalue weighted by Gasteiger charge is 2.05. The topological polar surface area (TPSA) is 50.2 Å². The first kappa shape index (κ1) is 13.1. The fourth-order valence-electron chi connectivity index (χ4n) is 2.08. The summed E-state index contributed by atoms with van der Waals surface area (Å²) in [6, 6.07) is 18.1. The summed E-state index contributed by atoms with van der Waals surface area (Å²) >= 11 is 0. The molecule has 0 saturated carbocycles. The van der Waals surface area contributed by atoms with Gasteiger partial charge in [-0.1, -0.05) is 42.5 Å². The molecule has 0 radical (unpaired) electrons. The first-order chi connectivity index (χ1) is 10.2. The van der Waals surface area contributed by atoms with Crippen molar-refractivity contribution in [1.82, 2.24) is 4.98 Å². The lowest BCUT2D eigenvalue weighted by molar-refractivity contribution is 0.104. The van der Waals surface area contributed by atoms with E-state index in [1.54, 1.807) is 36.4 Å². The molecule has 1 aromatic heterocycles. The minimum absolute atomic E-state index is 0.146. The van der Waals surface area contributed by atoms with E-state index >= 15 is 0 Å². The molecule has 0 bridgehead atoms. The molecule has 0 saturated heterocycles. The largest absolute Gasteiger partial charge is 0.507 e. The van der Waals surface area contributed by atoms with Crippen LogP contribution in [0.1, 0.15) is 16.1 Å². The molecule has 0 unspecified atom stereocenters. The van der Waals surface area contributed by atoms with E-state index < -0.39 is 0 Å². The van der Waals surface area contributed by atoms with Crippen molar-refractivity contribution in [3.63, 3.8) is 0 Å². The van der Waals surface area contributed by atoms with Crippen LogP contribution in [0.2, 0.25) is 0 Å². The minimum Gasteiger partial charge on any atom is -0.507 e. The zero-order valence-electron chi connectivity index (χ0n) is 11.2. The maximum atomic E-state index is 12.1. The summed E-state index contributed by atoms with van der Waals surface area (Å²) in [6.07, 6.45) is 3.01. The van der Waals surface area contributed by atoms with Crippen molar-refractivity contribution in [3.05, 3.63) is 78.0 Å². The highest BCUT2D eigenvalue weighted by Crippen LogP contribution is 2.18. The summed E-state index contributed by atoms with van der Waals surface area (Å²) in [5.41, 5.74) is 1.78. The maximum absolute atomic E-state index is 12.1. The fourth-order valence-corrected chi connectivity index (χ4v) is 2.08. The molecule has 0 fully saturated rings. The molecule has 2 aromatic carbocycles. The number of carbonyl (C=O) groups excluding carboxylic acids is 1. The number of pyridine rings is 1. The number of carbonyl (C=O) groups is 1. The molecule has 21 heavy (non-hydrogen) atoms. The molecule has 0 aliphatic heterocycles. The van der Waals surface area contributed by atoms with Crippen LogP contribution in [0.3, 0.4) is 0 Å². The Labute approximate surface area is 122 Å². The molecule has 0 atom stereocenters. The number of allylic oxidation sites excluding steroid dienone is 1. The van der Waals surface area contributed by atoms with Gasteiger partial charge in [0.25, 0.3) is 0 Å². The summed E-state index contributed by atoms with van der Waals surface area (Å²) < 4.78 is 0. The fraction of sp³-hybridized carbons (Fsp3) is 0. The van der Waals surface area contributed by atoms with Crippen molar-refractivity contribution in [2.45, 2.75) is 0 Å². The number of hydrogen-bond acceptors (Lipinski definition) is 3. The normalized spacial score (nSPS) is 11.0.